The highest BCUT2D eigenvalue weighted by Gasteiger charge is 2.10. The Morgan fingerprint density at radius 1 is 0.913 bits per heavy atom. The third-order valence-electron chi connectivity index (χ3n) is 3.50. The summed E-state index contributed by atoms with van der Waals surface area (Å²) < 4.78 is 0. The van der Waals surface area contributed by atoms with E-state index < -0.39 is 0 Å². The number of carbonyl (C=O) groups excluding carboxylic acids is 2. The van der Waals surface area contributed by atoms with Gasteiger partial charge < -0.3 is 10.6 Å². The van der Waals surface area contributed by atoms with Crippen molar-refractivity contribution in [2.45, 2.75) is 26.8 Å². The molecule has 0 aliphatic carbocycles. The van der Waals surface area contributed by atoms with Crippen LogP contribution >= 0.6 is 0 Å². The first-order valence-corrected chi connectivity index (χ1v) is 7.82. The molecule has 0 bridgehead atoms. The summed E-state index contributed by atoms with van der Waals surface area (Å²) in [5.74, 6) is -0.337. The van der Waals surface area contributed by atoms with Crippen LogP contribution in [0.1, 0.15) is 45.2 Å². The van der Waals surface area contributed by atoms with E-state index in [2.05, 4.69) is 10.6 Å². The predicted octanol–water partition coefficient (Wildman–Crippen LogP) is 3.06. The summed E-state index contributed by atoms with van der Waals surface area (Å²) in [6.45, 7) is 5.11. The molecule has 120 valence electrons. The zero-order valence-electron chi connectivity index (χ0n) is 13.6. The molecule has 0 unspecified atom stereocenters. The van der Waals surface area contributed by atoms with Crippen LogP contribution in [0.3, 0.4) is 0 Å². The molecule has 0 heterocycles. The number of benzene rings is 2. The third kappa shape index (κ3) is 4.95. The smallest absolute Gasteiger partial charge is 0.251 e. The van der Waals surface area contributed by atoms with E-state index in [1.54, 1.807) is 24.3 Å². The van der Waals surface area contributed by atoms with Crippen LogP contribution in [0.5, 0.6) is 0 Å². The van der Waals surface area contributed by atoms with Crippen LogP contribution in [-0.4, -0.2) is 18.4 Å². The van der Waals surface area contributed by atoms with Gasteiger partial charge in [0.2, 0.25) is 0 Å². The fourth-order valence-electron chi connectivity index (χ4n) is 2.13. The summed E-state index contributed by atoms with van der Waals surface area (Å²) in [6.07, 6.45) is 0.877. The lowest BCUT2D eigenvalue weighted by molar-refractivity contribution is 0.0950. The number of nitrogens with one attached hydrogen (secondary N) is 2. The van der Waals surface area contributed by atoms with Gasteiger partial charge in [-0.25, -0.2) is 0 Å². The molecule has 0 fully saturated rings. The first-order valence-electron chi connectivity index (χ1n) is 7.82. The summed E-state index contributed by atoms with van der Waals surface area (Å²) in [4.78, 5) is 24.2. The number of aryl methyl sites for hydroxylation is 1. The van der Waals surface area contributed by atoms with Crippen molar-refractivity contribution in [2.24, 2.45) is 0 Å². The molecule has 2 aromatic rings. The van der Waals surface area contributed by atoms with Crippen molar-refractivity contribution in [3.63, 3.8) is 0 Å². The van der Waals surface area contributed by atoms with Gasteiger partial charge in [0.15, 0.2) is 0 Å². The minimum atomic E-state index is -0.185. The first kappa shape index (κ1) is 16.7. The van der Waals surface area contributed by atoms with Gasteiger partial charge in [-0.3, -0.25) is 9.59 Å². The second-order valence-corrected chi connectivity index (χ2v) is 5.50. The molecule has 0 radical (unpaired) electrons. The molecule has 2 N–H and O–H groups in total. The number of carbonyl (C=O) groups is 2. The van der Waals surface area contributed by atoms with Gasteiger partial charge >= 0.3 is 0 Å². The van der Waals surface area contributed by atoms with Gasteiger partial charge in [-0.1, -0.05) is 42.8 Å². The zero-order valence-corrected chi connectivity index (χ0v) is 13.6. The molecule has 4 nitrogen and oxygen atoms in total. The van der Waals surface area contributed by atoms with Gasteiger partial charge in [0.1, 0.15) is 0 Å². The van der Waals surface area contributed by atoms with E-state index in [1.165, 1.54) is 5.56 Å². The summed E-state index contributed by atoms with van der Waals surface area (Å²) >= 11 is 0. The van der Waals surface area contributed by atoms with Crippen molar-refractivity contribution in [3.05, 3.63) is 70.8 Å². The van der Waals surface area contributed by atoms with E-state index >= 15 is 0 Å². The standard InChI is InChI=1S/C19H22N2O2/c1-3-11-20-18(22)16-5-4-6-17(12-16)19(23)21-13-15-9-7-14(2)8-10-15/h4-10,12H,3,11,13H2,1-2H3,(H,20,22)(H,21,23). The maximum absolute atomic E-state index is 12.2. The highest BCUT2D eigenvalue weighted by atomic mass is 16.2. The molecular weight excluding hydrogens is 288 g/mol. The van der Waals surface area contributed by atoms with Crippen LogP contribution in [0, 0.1) is 6.92 Å². The highest BCUT2D eigenvalue weighted by molar-refractivity contribution is 5.99. The van der Waals surface area contributed by atoms with Crippen molar-refractivity contribution in [2.75, 3.05) is 6.54 Å². The summed E-state index contributed by atoms with van der Waals surface area (Å²) in [5, 5.41) is 5.68. The molecule has 0 spiro atoms. The van der Waals surface area contributed by atoms with E-state index in [4.69, 9.17) is 0 Å². The second kappa shape index (κ2) is 8.13. The van der Waals surface area contributed by atoms with Gasteiger partial charge in [-0.2, -0.15) is 0 Å². The molecule has 2 amide bonds. The summed E-state index contributed by atoms with van der Waals surface area (Å²) in [7, 11) is 0. The predicted molar refractivity (Wildman–Crippen MR) is 91.4 cm³/mol. The lowest BCUT2D eigenvalue weighted by atomic mass is 10.1. The Bertz CT molecular complexity index is 678. The van der Waals surface area contributed by atoms with E-state index in [-0.39, 0.29) is 11.8 Å². The van der Waals surface area contributed by atoms with Crippen LogP contribution in [0.4, 0.5) is 0 Å². The highest BCUT2D eigenvalue weighted by Crippen LogP contribution is 2.07. The van der Waals surface area contributed by atoms with E-state index in [1.807, 2.05) is 38.1 Å². The minimum Gasteiger partial charge on any atom is -0.352 e. The molecule has 0 saturated carbocycles. The molecule has 4 heteroatoms. The lowest BCUT2D eigenvalue weighted by Gasteiger charge is -2.08. The first-order chi connectivity index (χ1) is 11.1. The van der Waals surface area contributed by atoms with Crippen LogP contribution in [0.15, 0.2) is 48.5 Å². The number of rotatable bonds is 6. The van der Waals surface area contributed by atoms with E-state index in [0.717, 1.165) is 12.0 Å². The molecule has 2 rings (SSSR count). The second-order valence-electron chi connectivity index (χ2n) is 5.50. The fraction of sp³-hybridized carbons (Fsp3) is 0.263. The third-order valence-corrected chi connectivity index (χ3v) is 3.50. The summed E-state index contributed by atoms with van der Waals surface area (Å²) in [6, 6.07) is 14.8. The number of amides is 2. The fourth-order valence-corrected chi connectivity index (χ4v) is 2.13. The topological polar surface area (TPSA) is 58.2 Å². The molecule has 0 atom stereocenters. The zero-order chi connectivity index (χ0) is 16.7. The Hall–Kier alpha value is -2.62. The molecule has 0 aliphatic rings. The Morgan fingerprint density at radius 2 is 1.52 bits per heavy atom. The normalized spacial score (nSPS) is 10.2. The SMILES string of the molecule is CCCNC(=O)c1cccc(C(=O)NCc2ccc(C)cc2)c1. The van der Waals surface area contributed by atoms with E-state index in [9.17, 15) is 9.59 Å². The lowest BCUT2D eigenvalue weighted by Crippen LogP contribution is -2.26. The van der Waals surface area contributed by atoms with Gasteiger partial charge in [-0.15, -0.1) is 0 Å². The Morgan fingerprint density at radius 3 is 2.13 bits per heavy atom. The van der Waals surface area contributed by atoms with Crippen LogP contribution in [-0.2, 0) is 6.54 Å². The summed E-state index contributed by atoms with van der Waals surface area (Å²) in [5.41, 5.74) is 3.22. The molecular formula is C19H22N2O2. The van der Waals surface area contributed by atoms with Gasteiger partial charge in [-0.05, 0) is 37.1 Å². The maximum atomic E-state index is 12.2. The van der Waals surface area contributed by atoms with Crippen molar-refractivity contribution >= 4 is 11.8 Å². The van der Waals surface area contributed by atoms with Crippen molar-refractivity contribution < 1.29 is 9.59 Å². The largest absolute Gasteiger partial charge is 0.352 e. The van der Waals surface area contributed by atoms with E-state index in [0.29, 0.717) is 24.2 Å². The molecule has 0 aliphatic heterocycles. The van der Waals surface area contributed by atoms with Crippen molar-refractivity contribution in [1.29, 1.82) is 0 Å². The van der Waals surface area contributed by atoms with Crippen LogP contribution in [0.25, 0.3) is 0 Å². The molecule has 2 aromatic carbocycles. The van der Waals surface area contributed by atoms with Crippen LogP contribution < -0.4 is 10.6 Å². The minimum absolute atomic E-state index is 0.153. The average molecular weight is 310 g/mol. The van der Waals surface area contributed by atoms with Crippen LogP contribution in [0.2, 0.25) is 0 Å². The molecule has 0 aromatic heterocycles. The van der Waals surface area contributed by atoms with Crippen molar-refractivity contribution in [1.82, 2.24) is 10.6 Å². The Kier molecular flexibility index (Phi) is 5.92. The number of hydrogen-bond donors (Lipinski definition) is 2. The quantitative estimate of drug-likeness (QED) is 0.861. The number of hydrogen-bond acceptors (Lipinski definition) is 2. The molecule has 23 heavy (non-hydrogen) atoms. The van der Waals surface area contributed by atoms with Gasteiger partial charge in [0, 0.05) is 24.2 Å². The Labute approximate surface area is 136 Å². The van der Waals surface area contributed by atoms with Crippen molar-refractivity contribution in [3.8, 4) is 0 Å². The average Bonchev–Trinajstić information content (AvgIpc) is 2.59. The molecule has 0 saturated heterocycles. The Balaban J connectivity index is 1.99. The monoisotopic (exact) mass is 310 g/mol. The van der Waals surface area contributed by atoms with Gasteiger partial charge in [0.25, 0.3) is 11.8 Å². The maximum Gasteiger partial charge on any atom is 0.251 e. The van der Waals surface area contributed by atoms with Gasteiger partial charge in [0.05, 0.1) is 0 Å².